The Morgan fingerprint density at radius 2 is 1.79 bits per heavy atom. The van der Waals surface area contributed by atoms with Crippen molar-refractivity contribution in [2.75, 3.05) is 39.2 Å². The summed E-state index contributed by atoms with van der Waals surface area (Å²) >= 11 is 6.44. The number of carbonyl (C=O) groups excluding carboxylic acids is 1. The van der Waals surface area contributed by atoms with E-state index in [4.69, 9.17) is 16.3 Å². The van der Waals surface area contributed by atoms with Gasteiger partial charge in [0.05, 0.1) is 7.11 Å². The molecule has 1 aliphatic heterocycles. The van der Waals surface area contributed by atoms with E-state index in [0.717, 1.165) is 35.8 Å². The Hall–Kier alpha value is -2.04. The van der Waals surface area contributed by atoms with Crippen LogP contribution in [-0.4, -0.2) is 45.1 Å². The topological polar surface area (TPSA) is 32.8 Å². The number of amides is 1. The lowest BCUT2D eigenvalue weighted by atomic mass is 9.74. The number of methoxy groups -OCH3 is 1. The van der Waals surface area contributed by atoms with E-state index < -0.39 is 0 Å². The second-order valence-corrected chi connectivity index (χ2v) is 10.4. The monoisotopic (exact) mass is 468 g/mol. The third kappa shape index (κ3) is 5.73. The van der Waals surface area contributed by atoms with Crippen LogP contribution in [0.3, 0.4) is 0 Å². The first-order valence-corrected chi connectivity index (χ1v) is 12.7. The predicted octanol–water partition coefficient (Wildman–Crippen LogP) is 6.17. The number of anilines is 1. The number of ether oxygens (including phenoxy) is 1. The molecule has 2 aromatic rings. The fraction of sp³-hybridized carbons (Fsp3) is 0.536. The first-order valence-electron chi connectivity index (χ1n) is 12.3. The van der Waals surface area contributed by atoms with E-state index in [-0.39, 0.29) is 17.7 Å². The summed E-state index contributed by atoms with van der Waals surface area (Å²) < 4.78 is 5.40. The zero-order valence-electron chi connectivity index (χ0n) is 20.2. The van der Waals surface area contributed by atoms with Crippen molar-refractivity contribution in [2.45, 2.75) is 50.9 Å². The standard InChI is InChI=1S/C28H37ClN2O2/c1-30(2)15-16-31-27-14-11-23(29)18-22(27)19-25(21-9-12-24(33-3)13-10-21)26(28(31)32)17-20-7-5-4-6-8-20/h9-14,18,20,25-26H,4-8,15-17,19H2,1-3H3. The summed E-state index contributed by atoms with van der Waals surface area (Å²) in [5.74, 6) is 1.85. The van der Waals surface area contributed by atoms with Crippen LogP contribution in [0.2, 0.25) is 5.02 Å². The van der Waals surface area contributed by atoms with Gasteiger partial charge in [-0.1, -0.05) is 55.8 Å². The molecule has 0 radical (unpaired) electrons. The van der Waals surface area contributed by atoms with E-state index in [1.165, 1.54) is 43.2 Å². The summed E-state index contributed by atoms with van der Waals surface area (Å²) in [4.78, 5) is 18.4. The van der Waals surface area contributed by atoms with Crippen molar-refractivity contribution in [3.8, 4) is 5.75 Å². The summed E-state index contributed by atoms with van der Waals surface area (Å²) in [5, 5.41) is 0.730. The number of fused-ring (bicyclic) bond motifs is 1. The van der Waals surface area contributed by atoms with Crippen LogP contribution in [0.25, 0.3) is 0 Å². The molecule has 4 rings (SSSR count). The first kappa shape index (κ1) is 24.1. The SMILES string of the molecule is COc1ccc(C2Cc3cc(Cl)ccc3N(CCN(C)C)C(=O)C2CC2CCCCC2)cc1. The zero-order valence-corrected chi connectivity index (χ0v) is 21.0. The maximum Gasteiger partial charge on any atom is 0.230 e. The van der Waals surface area contributed by atoms with E-state index in [9.17, 15) is 4.79 Å². The lowest BCUT2D eigenvalue weighted by Gasteiger charge is -2.33. The number of hydrogen-bond acceptors (Lipinski definition) is 3. The second kappa shape index (κ2) is 10.9. The van der Waals surface area contributed by atoms with Crippen molar-refractivity contribution < 1.29 is 9.53 Å². The highest BCUT2D eigenvalue weighted by Gasteiger charge is 2.39. The molecule has 0 spiro atoms. The maximum absolute atomic E-state index is 14.2. The lowest BCUT2D eigenvalue weighted by Crippen LogP contribution is -2.41. The normalized spacial score (nSPS) is 21.7. The van der Waals surface area contributed by atoms with Gasteiger partial charge in [-0.3, -0.25) is 4.79 Å². The molecule has 1 heterocycles. The number of hydrogen-bond donors (Lipinski definition) is 0. The minimum atomic E-state index is -0.0326. The Labute approximate surface area is 203 Å². The van der Waals surface area contributed by atoms with Crippen LogP contribution in [0.5, 0.6) is 5.75 Å². The van der Waals surface area contributed by atoms with Crippen molar-refractivity contribution in [3.63, 3.8) is 0 Å². The Kier molecular flexibility index (Phi) is 7.98. The number of benzene rings is 2. The van der Waals surface area contributed by atoms with Gasteiger partial charge in [-0.05, 0) is 80.2 Å². The Balaban J connectivity index is 1.75. The van der Waals surface area contributed by atoms with Gasteiger partial charge in [-0.2, -0.15) is 0 Å². The minimum absolute atomic E-state index is 0.0326. The van der Waals surface area contributed by atoms with Crippen LogP contribution in [0, 0.1) is 11.8 Å². The first-order chi connectivity index (χ1) is 16.0. The molecule has 0 aromatic heterocycles. The molecule has 0 N–H and O–H groups in total. The fourth-order valence-corrected chi connectivity index (χ4v) is 5.82. The molecule has 2 unspecified atom stereocenters. The van der Waals surface area contributed by atoms with Crippen molar-refractivity contribution in [3.05, 3.63) is 58.6 Å². The molecule has 1 saturated carbocycles. The van der Waals surface area contributed by atoms with Gasteiger partial charge in [0, 0.05) is 29.7 Å². The Morgan fingerprint density at radius 3 is 2.45 bits per heavy atom. The van der Waals surface area contributed by atoms with Crippen LogP contribution in [-0.2, 0) is 11.2 Å². The summed E-state index contributed by atoms with van der Waals surface area (Å²) in [6.45, 7) is 1.52. The number of rotatable bonds is 7. The second-order valence-electron chi connectivity index (χ2n) is 10.00. The van der Waals surface area contributed by atoms with Crippen LogP contribution < -0.4 is 9.64 Å². The Morgan fingerprint density at radius 1 is 1.06 bits per heavy atom. The van der Waals surface area contributed by atoms with Crippen LogP contribution in [0.1, 0.15) is 55.6 Å². The molecular weight excluding hydrogens is 432 g/mol. The molecule has 0 bridgehead atoms. The largest absolute Gasteiger partial charge is 0.497 e. The number of carbonyl (C=O) groups is 1. The van der Waals surface area contributed by atoms with Crippen molar-refractivity contribution in [2.24, 2.45) is 11.8 Å². The van der Waals surface area contributed by atoms with E-state index in [0.29, 0.717) is 12.5 Å². The van der Waals surface area contributed by atoms with E-state index in [1.807, 2.05) is 29.2 Å². The fourth-order valence-electron chi connectivity index (χ4n) is 5.63. The average Bonchev–Trinajstić information content (AvgIpc) is 2.93. The molecule has 2 aromatic carbocycles. The molecule has 5 heteroatoms. The van der Waals surface area contributed by atoms with Crippen molar-refractivity contribution in [1.82, 2.24) is 4.90 Å². The van der Waals surface area contributed by atoms with Crippen molar-refractivity contribution >= 4 is 23.2 Å². The highest BCUT2D eigenvalue weighted by molar-refractivity contribution is 6.30. The lowest BCUT2D eigenvalue weighted by molar-refractivity contribution is -0.123. The summed E-state index contributed by atoms with van der Waals surface area (Å²) in [6, 6.07) is 14.3. The summed E-state index contributed by atoms with van der Waals surface area (Å²) in [7, 11) is 5.81. The molecule has 0 saturated heterocycles. The van der Waals surface area contributed by atoms with Crippen LogP contribution in [0.15, 0.2) is 42.5 Å². The van der Waals surface area contributed by atoms with Crippen molar-refractivity contribution in [1.29, 1.82) is 0 Å². The maximum atomic E-state index is 14.2. The Bertz CT molecular complexity index is 937. The number of nitrogens with zero attached hydrogens (tertiary/aromatic N) is 2. The average molecular weight is 469 g/mol. The molecule has 2 atom stereocenters. The molecule has 178 valence electrons. The van der Waals surface area contributed by atoms with Gasteiger partial charge >= 0.3 is 0 Å². The van der Waals surface area contributed by atoms with Gasteiger partial charge in [0.25, 0.3) is 0 Å². The van der Waals surface area contributed by atoms with Crippen LogP contribution >= 0.6 is 11.6 Å². The van der Waals surface area contributed by atoms with Gasteiger partial charge in [-0.25, -0.2) is 0 Å². The predicted molar refractivity (Wildman–Crippen MR) is 136 cm³/mol. The van der Waals surface area contributed by atoms with E-state index >= 15 is 0 Å². The molecule has 1 amide bonds. The molecule has 1 aliphatic carbocycles. The van der Waals surface area contributed by atoms with Gasteiger partial charge in [0.2, 0.25) is 5.91 Å². The molecule has 33 heavy (non-hydrogen) atoms. The molecule has 4 nitrogen and oxygen atoms in total. The third-order valence-electron chi connectivity index (χ3n) is 7.47. The van der Waals surface area contributed by atoms with Gasteiger partial charge in [-0.15, -0.1) is 0 Å². The quantitative estimate of drug-likeness (QED) is 0.487. The van der Waals surface area contributed by atoms with E-state index in [2.05, 4.69) is 37.2 Å². The number of likely N-dealkylation sites (N-methyl/N-ethyl adjacent to an activating group) is 1. The molecular formula is C28H37ClN2O2. The van der Waals surface area contributed by atoms with Gasteiger partial charge in [0.15, 0.2) is 0 Å². The number of halogens is 1. The van der Waals surface area contributed by atoms with Gasteiger partial charge < -0.3 is 14.5 Å². The smallest absolute Gasteiger partial charge is 0.230 e. The zero-order chi connectivity index (χ0) is 23.4. The highest BCUT2D eigenvalue weighted by atomic mass is 35.5. The summed E-state index contributed by atoms with van der Waals surface area (Å²) in [5.41, 5.74) is 3.41. The van der Waals surface area contributed by atoms with Crippen LogP contribution in [0.4, 0.5) is 5.69 Å². The molecule has 1 fully saturated rings. The molecule has 2 aliphatic rings. The highest BCUT2D eigenvalue weighted by Crippen LogP contribution is 2.43. The third-order valence-corrected chi connectivity index (χ3v) is 7.70. The van der Waals surface area contributed by atoms with E-state index in [1.54, 1.807) is 7.11 Å². The minimum Gasteiger partial charge on any atom is -0.497 e. The van der Waals surface area contributed by atoms with Gasteiger partial charge in [0.1, 0.15) is 5.75 Å². The summed E-state index contributed by atoms with van der Waals surface area (Å²) in [6.07, 6.45) is 8.19.